The molecular weight excluding hydrogens is 505 g/mol. The number of carbonyl (C=O) groups excluding carboxylic acids is 2. The fraction of sp³-hybridized carbons (Fsp3) is 0.185. The summed E-state index contributed by atoms with van der Waals surface area (Å²) in [6.45, 7) is 1.78. The van der Waals surface area contributed by atoms with E-state index in [-0.39, 0.29) is 17.3 Å². The highest BCUT2D eigenvalue weighted by Gasteiger charge is 2.33. The van der Waals surface area contributed by atoms with Crippen LogP contribution in [0.25, 0.3) is 11.0 Å². The molecule has 0 saturated carbocycles. The Labute approximate surface area is 214 Å². The van der Waals surface area contributed by atoms with Crippen LogP contribution in [-0.4, -0.2) is 34.7 Å². The van der Waals surface area contributed by atoms with Gasteiger partial charge in [0.05, 0.1) is 27.3 Å². The van der Waals surface area contributed by atoms with Crippen molar-refractivity contribution in [1.82, 2.24) is 15.3 Å². The Balaban J connectivity index is 1.36. The first-order chi connectivity index (χ1) is 17.7. The maximum atomic E-state index is 13.2. The number of halogens is 4. The van der Waals surface area contributed by atoms with E-state index in [9.17, 15) is 22.8 Å². The Hall–Kier alpha value is -3.82. The molecular formula is C27H20ClF3N4O2. The van der Waals surface area contributed by atoms with Crippen molar-refractivity contribution in [2.75, 3.05) is 18.4 Å². The molecule has 4 aromatic rings. The zero-order chi connectivity index (χ0) is 26.2. The normalized spacial score (nSPS) is 15.6. The van der Waals surface area contributed by atoms with Gasteiger partial charge in [0, 0.05) is 41.0 Å². The Morgan fingerprint density at radius 3 is 2.49 bits per heavy atom. The molecule has 1 aliphatic rings. The minimum atomic E-state index is -4.62. The molecule has 0 bridgehead atoms. The number of fused-ring (bicyclic) bond motifs is 1. The molecule has 1 aromatic heterocycles. The SMILES string of the molecule is O=C(Nc1cccc(C(=O)c2ccc3ncc(C4CCNC4)nc3c2)c1)c1ccc(C(F)(F)F)c(Cl)c1. The molecule has 3 aromatic carbocycles. The summed E-state index contributed by atoms with van der Waals surface area (Å²) in [5.41, 5.74) is 2.18. The van der Waals surface area contributed by atoms with E-state index in [1.54, 1.807) is 42.6 Å². The van der Waals surface area contributed by atoms with Gasteiger partial charge in [-0.2, -0.15) is 13.2 Å². The second kappa shape index (κ2) is 9.91. The fourth-order valence-corrected chi connectivity index (χ4v) is 4.55. The van der Waals surface area contributed by atoms with Gasteiger partial charge in [-0.05, 0) is 61.5 Å². The fourth-order valence-electron chi connectivity index (χ4n) is 4.27. The summed E-state index contributed by atoms with van der Waals surface area (Å²) in [5.74, 6) is -0.642. The number of benzene rings is 3. The minimum absolute atomic E-state index is 0.0453. The molecule has 37 heavy (non-hydrogen) atoms. The largest absolute Gasteiger partial charge is 0.417 e. The summed E-state index contributed by atoms with van der Waals surface area (Å²) in [6, 6.07) is 14.2. The third kappa shape index (κ3) is 5.33. The molecule has 2 N–H and O–H groups in total. The zero-order valence-corrected chi connectivity index (χ0v) is 20.0. The molecule has 0 spiro atoms. The molecule has 5 rings (SSSR count). The number of anilines is 1. The summed E-state index contributed by atoms with van der Waals surface area (Å²) in [4.78, 5) is 35.0. The van der Waals surface area contributed by atoms with E-state index in [2.05, 4.69) is 15.6 Å². The number of amides is 1. The van der Waals surface area contributed by atoms with E-state index in [0.29, 0.717) is 27.8 Å². The standard InChI is InChI=1S/C27H20ClF3N4O2/c28-21-11-17(4-6-20(21)27(29,30)31)26(37)34-19-3-1-2-15(10-19)25(36)16-5-7-22-23(12-16)35-24(14-33-22)18-8-9-32-13-18/h1-7,10-12,14,18,32H,8-9,13H2,(H,34,37). The van der Waals surface area contributed by atoms with Crippen LogP contribution in [0.3, 0.4) is 0 Å². The number of aromatic nitrogens is 2. The second-order valence-electron chi connectivity index (χ2n) is 8.74. The lowest BCUT2D eigenvalue weighted by Gasteiger charge is -2.11. The van der Waals surface area contributed by atoms with Gasteiger partial charge in [-0.3, -0.25) is 14.6 Å². The molecule has 0 radical (unpaired) electrons. The predicted octanol–water partition coefficient (Wildman–Crippen LogP) is 5.86. The van der Waals surface area contributed by atoms with Crippen molar-refractivity contribution in [3.8, 4) is 0 Å². The van der Waals surface area contributed by atoms with E-state index in [0.717, 1.165) is 43.4 Å². The Bertz CT molecular complexity index is 1520. The molecule has 1 saturated heterocycles. The first-order valence-electron chi connectivity index (χ1n) is 11.5. The maximum Gasteiger partial charge on any atom is 0.417 e. The van der Waals surface area contributed by atoms with Crippen LogP contribution < -0.4 is 10.6 Å². The molecule has 1 aliphatic heterocycles. The van der Waals surface area contributed by atoms with Crippen LogP contribution in [0.1, 0.15) is 49.9 Å². The molecule has 10 heteroatoms. The Morgan fingerprint density at radius 2 is 1.76 bits per heavy atom. The first kappa shape index (κ1) is 24.9. The molecule has 1 unspecified atom stereocenters. The van der Waals surface area contributed by atoms with Gasteiger partial charge < -0.3 is 10.6 Å². The van der Waals surface area contributed by atoms with Crippen molar-refractivity contribution in [2.24, 2.45) is 0 Å². The molecule has 0 aliphatic carbocycles. The van der Waals surface area contributed by atoms with E-state index in [1.807, 2.05) is 0 Å². The molecule has 1 amide bonds. The van der Waals surface area contributed by atoms with Gasteiger partial charge >= 0.3 is 6.18 Å². The van der Waals surface area contributed by atoms with Gasteiger partial charge in [0.2, 0.25) is 0 Å². The highest BCUT2D eigenvalue weighted by molar-refractivity contribution is 6.32. The van der Waals surface area contributed by atoms with Crippen molar-refractivity contribution in [2.45, 2.75) is 18.5 Å². The molecule has 1 atom stereocenters. The van der Waals surface area contributed by atoms with Gasteiger partial charge in [-0.25, -0.2) is 4.98 Å². The first-order valence-corrected chi connectivity index (χ1v) is 11.9. The van der Waals surface area contributed by atoms with Crippen LogP contribution >= 0.6 is 11.6 Å². The van der Waals surface area contributed by atoms with E-state index in [1.165, 1.54) is 6.07 Å². The Kier molecular flexibility index (Phi) is 6.66. The third-order valence-corrected chi connectivity index (χ3v) is 6.53. The number of rotatable bonds is 5. The van der Waals surface area contributed by atoms with Gasteiger partial charge in [0.25, 0.3) is 5.91 Å². The van der Waals surface area contributed by atoms with Crippen molar-refractivity contribution in [3.63, 3.8) is 0 Å². The van der Waals surface area contributed by atoms with Crippen LogP contribution in [0.15, 0.2) is 66.9 Å². The summed E-state index contributed by atoms with van der Waals surface area (Å²) in [5, 5.41) is 5.33. The Morgan fingerprint density at radius 1 is 0.973 bits per heavy atom. The van der Waals surface area contributed by atoms with E-state index >= 15 is 0 Å². The smallest absolute Gasteiger partial charge is 0.322 e. The quantitative estimate of drug-likeness (QED) is 0.319. The van der Waals surface area contributed by atoms with Crippen LogP contribution in [0.4, 0.5) is 18.9 Å². The number of hydrogen-bond acceptors (Lipinski definition) is 5. The third-order valence-electron chi connectivity index (χ3n) is 6.22. The lowest BCUT2D eigenvalue weighted by molar-refractivity contribution is -0.137. The van der Waals surface area contributed by atoms with Crippen molar-refractivity contribution < 1.29 is 22.8 Å². The highest BCUT2D eigenvalue weighted by Crippen LogP contribution is 2.35. The van der Waals surface area contributed by atoms with Crippen LogP contribution in [0, 0.1) is 0 Å². The van der Waals surface area contributed by atoms with Crippen LogP contribution in [-0.2, 0) is 6.18 Å². The van der Waals surface area contributed by atoms with Crippen molar-refractivity contribution in [3.05, 3.63) is 99.8 Å². The summed E-state index contributed by atoms with van der Waals surface area (Å²) >= 11 is 5.73. The van der Waals surface area contributed by atoms with Crippen LogP contribution in [0.5, 0.6) is 0 Å². The molecule has 188 valence electrons. The minimum Gasteiger partial charge on any atom is -0.322 e. The topological polar surface area (TPSA) is 84.0 Å². The van der Waals surface area contributed by atoms with Gasteiger partial charge in [-0.1, -0.05) is 23.7 Å². The van der Waals surface area contributed by atoms with Crippen molar-refractivity contribution >= 4 is 40.0 Å². The number of nitrogens with zero attached hydrogens (tertiary/aromatic N) is 2. The maximum absolute atomic E-state index is 13.2. The predicted molar refractivity (Wildman–Crippen MR) is 134 cm³/mol. The number of alkyl halides is 3. The number of carbonyl (C=O) groups is 2. The number of ketones is 1. The zero-order valence-electron chi connectivity index (χ0n) is 19.3. The van der Waals surface area contributed by atoms with E-state index < -0.39 is 22.7 Å². The molecule has 1 fully saturated rings. The molecule has 6 nitrogen and oxygen atoms in total. The molecule has 2 heterocycles. The summed E-state index contributed by atoms with van der Waals surface area (Å²) in [7, 11) is 0. The second-order valence-corrected chi connectivity index (χ2v) is 9.15. The summed E-state index contributed by atoms with van der Waals surface area (Å²) in [6.07, 6.45) is -1.86. The van der Waals surface area contributed by atoms with E-state index in [4.69, 9.17) is 16.6 Å². The van der Waals surface area contributed by atoms with Gasteiger partial charge in [0.1, 0.15) is 0 Å². The van der Waals surface area contributed by atoms with Gasteiger partial charge in [-0.15, -0.1) is 0 Å². The van der Waals surface area contributed by atoms with Crippen molar-refractivity contribution in [1.29, 1.82) is 0 Å². The lowest BCUT2D eigenvalue weighted by atomic mass is 10.0. The number of hydrogen-bond donors (Lipinski definition) is 2. The lowest BCUT2D eigenvalue weighted by Crippen LogP contribution is -2.14. The number of nitrogens with one attached hydrogen (secondary N) is 2. The monoisotopic (exact) mass is 524 g/mol. The van der Waals surface area contributed by atoms with Crippen LogP contribution in [0.2, 0.25) is 5.02 Å². The average molecular weight is 525 g/mol. The average Bonchev–Trinajstić information content (AvgIpc) is 3.42. The van der Waals surface area contributed by atoms with Gasteiger partial charge in [0.15, 0.2) is 5.78 Å². The highest BCUT2D eigenvalue weighted by atomic mass is 35.5. The summed E-state index contributed by atoms with van der Waals surface area (Å²) < 4.78 is 38.8.